The van der Waals surface area contributed by atoms with E-state index in [2.05, 4.69) is 10.6 Å². The molecule has 1 aliphatic rings. The first-order valence-corrected chi connectivity index (χ1v) is 9.20. The van der Waals surface area contributed by atoms with E-state index in [9.17, 15) is 9.59 Å². The van der Waals surface area contributed by atoms with E-state index >= 15 is 0 Å². The molecule has 0 unspecified atom stereocenters. The van der Waals surface area contributed by atoms with Gasteiger partial charge < -0.3 is 15.5 Å². The van der Waals surface area contributed by atoms with Crippen LogP contribution in [0, 0.1) is 6.92 Å². The highest BCUT2D eigenvalue weighted by molar-refractivity contribution is 7.99. The fourth-order valence-corrected chi connectivity index (χ4v) is 3.48. The Labute approximate surface area is 154 Å². The van der Waals surface area contributed by atoms with Crippen LogP contribution in [0.25, 0.3) is 0 Å². The van der Waals surface area contributed by atoms with Crippen molar-refractivity contribution in [2.45, 2.75) is 19.8 Å². The summed E-state index contributed by atoms with van der Waals surface area (Å²) in [7, 11) is 1.87. The number of hydrogen-bond acceptors (Lipinski definition) is 4. The van der Waals surface area contributed by atoms with Crippen molar-refractivity contribution >= 4 is 41.7 Å². The molecule has 2 amide bonds. The van der Waals surface area contributed by atoms with E-state index in [1.54, 1.807) is 0 Å². The number of nitrogens with zero attached hydrogens (tertiary/aromatic N) is 1. The highest BCUT2D eigenvalue weighted by Crippen LogP contribution is 2.22. The zero-order valence-corrected chi connectivity index (χ0v) is 15.9. The Morgan fingerprint density at radius 1 is 1.25 bits per heavy atom. The molecule has 1 fully saturated rings. The monoisotopic (exact) mass is 371 g/mol. The molecule has 134 valence electrons. The summed E-state index contributed by atoms with van der Waals surface area (Å²) >= 11 is 1.88. The zero-order valence-electron chi connectivity index (χ0n) is 14.3. The maximum Gasteiger partial charge on any atom is 0.254 e. The Balaban J connectivity index is 0.00000288. The lowest BCUT2D eigenvalue weighted by atomic mass is 10.0. The summed E-state index contributed by atoms with van der Waals surface area (Å²) in [6.07, 6.45) is 1.27. The van der Waals surface area contributed by atoms with Crippen LogP contribution < -0.4 is 10.6 Å². The lowest BCUT2D eigenvalue weighted by Gasteiger charge is -2.27. The van der Waals surface area contributed by atoms with E-state index in [1.165, 1.54) is 0 Å². The molecular formula is C17H26ClN3O2S. The van der Waals surface area contributed by atoms with Crippen LogP contribution in [0.1, 0.15) is 28.8 Å². The minimum atomic E-state index is -0.0117. The summed E-state index contributed by atoms with van der Waals surface area (Å²) in [6.45, 7) is 4.31. The van der Waals surface area contributed by atoms with Crippen LogP contribution in [0.15, 0.2) is 18.2 Å². The number of hydrogen-bond donors (Lipinski definition) is 2. The molecule has 0 bridgehead atoms. The fourth-order valence-electron chi connectivity index (χ4n) is 2.58. The number of carbonyl (C=O) groups excluding carboxylic acids is 2. The van der Waals surface area contributed by atoms with Crippen LogP contribution >= 0.6 is 24.2 Å². The highest BCUT2D eigenvalue weighted by atomic mass is 35.5. The Bertz CT molecular complexity index is 563. The van der Waals surface area contributed by atoms with Gasteiger partial charge in [-0.15, -0.1) is 12.4 Å². The number of anilines is 1. The molecule has 0 aliphatic carbocycles. The summed E-state index contributed by atoms with van der Waals surface area (Å²) in [5.74, 6) is 2.04. The van der Waals surface area contributed by atoms with Gasteiger partial charge in [0, 0.05) is 42.3 Å². The number of carbonyl (C=O) groups is 2. The molecule has 1 aromatic carbocycles. The van der Waals surface area contributed by atoms with Crippen LogP contribution in [-0.2, 0) is 4.79 Å². The SMILES string of the molecule is CNCCCC(=O)Nc1cccc(C(=O)N2CCSCC2)c1C.Cl. The van der Waals surface area contributed by atoms with Crippen LogP contribution in [-0.4, -0.2) is 54.9 Å². The van der Waals surface area contributed by atoms with E-state index in [-0.39, 0.29) is 24.2 Å². The molecule has 0 saturated carbocycles. The van der Waals surface area contributed by atoms with Gasteiger partial charge in [-0.2, -0.15) is 11.8 Å². The summed E-state index contributed by atoms with van der Waals surface area (Å²) in [5.41, 5.74) is 2.26. The molecule has 0 spiro atoms. The molecule has 2 rings (SSSR count). The van der Waals surface area contributed by atoms with Gasteiger partial charge in [-0.25, -0.2) is 0 Å². The number of nitrogens with one attached hydrogen (secondary N) is 2. The molecule has 5 nitrogen and oxygen atoms in total. The molecule has 1 heterocycles. The Morgan fingerprint density at radius 3 is 2.62 bits per heavy atom. The van der Waals surface area contributed by atoms with Gasteiger partial charge in [0.25, 0.3) is 5.91 Å². The van der Waals surface area contributed by atoms with Crippen LogP contribution in [0.4, 0.5) is 5.69 Å². The third-order valence-corrected chi connectivity index (χ3v) is 4.91. The molecule has 1 aliphatic heterocycles. The molecule has 2 N–H and O–H groups in total. The molecule has 0 atom stereocenters. The van der Waals surface area contributed by atoms with E-state index < -0.39 is 0 Å². The first kappa shape index (κ1) is 20.8. The second kappa shape index (κ2) is 10.6. The highest BCUT2D eigenvalue weighted by Gasteiger charge is 2.21. The summed E-state index contributed by atoms with van der Waals surface area (Å²) < 4.78 is 0. The van der Waals surface area contributed by atoms with Gasteiger partial charge in [-0.05, 0) is 44.6 Å². The molecule has 24 heavy (non-hydrogen) atoms. The van der Waals surface area contributed by atoms with Crippen molar-refractivity contribution in [3.8, 4) is 0 Å². The maximum absolute atomic E-state index is 12.7. The third-order valence-electron chi connectivity index (χ3n) is 3.97. The minimum Gasteiger partial charge on any atom is -0.337 e. The number of amides is 2. The van der Waals surface area contributed by atoms with Gasteiger partial charge in [0.15, 0.2) is 0 Å². The normalized spacial score (nSPS) is 14.0. The quantitative estimate of drug-likeness (QED) is 0.754. The van der Waals surface area contributed by atoms with Crippen molar-refractivity contribution in [1.82, 2.24) is 10.2 Å². The number of benzene rings is 1. The van der Waals surface area contributed by atoms with Crippen molar-refractivity contribution < 1.29 is 9.59 Å². The molecule has 7 heteroatoms. The Kier molecular flexibility index (Phi) is 9.18. The van der Waals surface area contributed by atoms with E-state index in [1.807, 2.05) is 48.8 Å². The average molecular weight is 372 g/mol. The largest absolute Gasteiger partial charge is 0.337 e. The van der Waals surface area contributed by atoms with E-state index in [4.69, 9.17) is 0 Å². The molecule has 1 saturated heterocycles. The summed E-state index contributed by atoms with van der Waals surface area (Å²) in [5, 5.41) is 5.95. The number of halogens is 1. The molecular weight excluding hydrogens is 346 g/mol. The number of thioether (sulfide) groups is 1. The summed E-state index contributed by atoms with van der Waals surface area (Å²) in [6, 6.07) is 5.53. The van der Waals surface area contributed by atoms with Crippen molar-refractivity contribution in [2.24, 2.45) is 0 Å². The fraction of sp³-hybridized carbons (Fsp3) is 0.529. The second-order valence-corrected chi connectivity index (χ2v) is 6.86. The second-order valence-electron chi connectivity index (χ2n) is 5.64. The Morgan fingerprint density at radius 2 is 1.96 bits per heavy atom. The van der Waals surface area contributed by atoms with Crippen molar-refractivity contribution in [3.05, 3.63) is 29.3 Å². The lowest BCUT2D eigenvalue weighted by molar-refractivity contribution is -0.116. The Hall–Kier alpha value is -1.24. The topological polar surface area (TPSA) is 61.4 Å². The predicted octanol–water partition coefficient (Wildman–Crippen LogP) is 2.54. The first-order chi connectivity index (χ1) is 11.1. The van der Waals surface area contributed by atoms with Gasteiger partial charge in [0.05, 0.1) is 0 Å². The summed E-state index contributed by atoms with van der Waals surface area (Å²) in [4.78, 5) is 26.6. The number of rotatable bonds is 6. The molecule has 0 radical (unpaired) electrons. The van der Waals surface area contributed by atoms with Gasteiger partial charge in [0.1, 0.15) is 0 Å². The standard InChI is InChI=1S/C17H25N3O2S.ClH/c1-13-14(17(22)20-9-11-23-12-10-20)5-3-6-15(13)19-16(21)7-4-8-18-2;/h3,5-6,18H,4,7-12H2,1-2H3,(H,19,21);1H. The van der Waals surface area contributed by atoms with E-state index in [0.717, 1.165) is 48.8 Å². The van der Waals surface area contributed by atoms with Gasteiger partial charge in [-0.3, -0.25) is 9.59 Å². The minimum absolute atomic E-state index is 0. The van der Waals surface area contributed by atoms with Crippen LogP contribution in [0.3, 0.4) is 0 Å². The average Bonchev–Trinajstić information content (AvgIpc) is 2.57. The van der Waals surface area contributed by atoms with Crippen LogP contribution in [0.2, 0.25) is 0 Å². The zero-order chi connectivity index (χ0) is 16.7. The van der Waals surface area contributed by atoms with E-state index in [0.29, 0.717) is 12.0 Å². The van der Waals surface area contributed by atoms with Gasteiger partial charge in [0.2, 0.25) is 5.91 Å². The smallest absolute Gasteiger partial charge is 0.254 e. The van der Waals surface area contributed by atoms with Gasteiger partial charge >= 0.3 is 0 Å². The van der Waals surface area contributed by atoms with Crippen molar-refractivity contribution in [2.75, 3.05) is 43.5 Å². The predicted molar refractivity (Wildman–Crippen MR) is 103 cm³/mol. The third kappa shape index (κ3) is 5.69. The first-order valence-electron chi connectivity index (χ1n) is 8.04. The van der Waals surface area contributed by atoms with Crippen LogP contribution in [0.5, 0.6) is 0 Å². The van der Waals surface area contributed by atoms with Crippen molar-refractivity contribution in [3.63, 3.8) is 0 Å². The molecule has 1 aromatic rings. The molecule has 0 aromatic heterocycles. The van der Waals surface area contributed by atoms with Crippen molar-refractivity contribution in [1.29, 1.82) is 0 Å². The lowest BCUT2D eigenvalue weighted by Crippen LogP contribution is -2.38. The maximum atomic E-state index is 12.7. The van der Waals surface area contributed by atoms with Gasteiger partial charge in [-0.1, -0.05) is 6.07 Å².